The van der Waals surface area contributed by atoms with Gasteiger partial charge >= 0.3 is 5.97 Å². The van der Waals surface area contributed by atoms with Gasteiger partial charge in [-0.2, -0.15) is 0 Å². The molecule has 0 aliphatic carbocycles. The Balaban J connectivity index is 2.45. The van der Waals surface area contributed by atoms with E-state index in [1.165, 1.54) is 7.11 Å². The van der Waals surface area contributed by atoms with Crippen molar-refractivity contribution >= 4 is 5.97 Å². The van der Waals surface area contributed by atoms with E-state index < -0.39 is 0 Å². The Morgan fingerprint density at radius 2 is 1.74 bits per heavy atom. The van der Waals surface area contributed by atoms with Crippen LogP contribution in [0.25, 0.3) is 0 Å². The Morgan fingerprint density at radius 1 is 1.16 bits per heavy atom. The lowest BCUT2D eigenvalue weighted by Crippen LogP contribution is -2.55. The highest BCUT2D eigenvalue weighted by Gasteiger charge is 2.25. The molecule has 1 aliphatic heterocycles. The average molecular weight is 271 g/mol. The zero-order chi connectivity index (χ0) is 14.4. The minimum atomic E-state index is -0.226. The van der Waals surface area contributed by atoms with E-state index in [2.05, 4.69) is 29.0 Å². The lowest BCUT2D eigenvalue weighted by atomic mass is 10.2. The molecule has 1 N–H and O–H groups in total. The topological polar surface area (TPSA) is 44.8 Å². The Labute approximate surface area is 117 Å². The van der Waals surface area contributed by atoms with Gasteiger partial charge in [0, 0.05) is 44.8 Å². The minimum absolute atomic E-state index is 0.167. The fourth-order valence-corrected chi connectivity index (χ4v) is 2.46. The maximum atomic E-state index is 11.8. The number of piperazine rings is 1. The summed E-state index contributed by atoms with van der Waals surface area (Å²) in [6, 6.07) is 0.656. The summed E-state index contributed by atoms with van der Waals surface area (Å²) in [6.07, 6.45) is 0. The average Bonchev–Trinajstić information content (AvgIpc) is 2.37. The van der Waals surface area contributed by atoms with Crippen molar-refractivity contribution in [2.75, 3.05) is 39.8 Å². The second-order valence-electron chi connectivity index (χ2n) is 5.83. The Hall–Kier alpha value is -0.650. The maximum Gasteiger partial charge on any atom is 0.324 e. The van der Waals surface area contributed by atoms with Crippen LogP contribution >= 0.6 is 0 Å². The second kappa shape index (κ2) is 7.82. The number of hydrogen-bond donors (Lipinski definition) is 1. The second-order valence-corrected chi connectivity index (χ2v) is 5.83. The summed E-state index contributed by atoms with van der Waals surface area (Å²) in [4.78, 5) is 16.6. The van der Waals surface area contributed by atoms with Gasteiger partial charge in [-0.3, -0.25) is 14.6 Å². The molecule has 5 heteroatoms. The molecule has 1 atom stereocenters. The van der Waals surface area contributed by atoms with E-state index in [0.29, 0.717) is 6.04 Å². The van der Waals surface area contributed by atoms with E-state index in [1.54, 1.807) is 0 Å². The minimum Gasteiger partial charge on any atom is -0.468 e. The molecule has 1 aliphatic rings. The van der Waals surface area contributed by atoms with E-state index >= 15 is 0 Å². The van der Waals surface area contributed by atoms with E-state index in [-0.39, 0.29) is 18.1 Å². The SMILES string of the molecule is COC(=O)C(CN1CCN(C(C)C)CC1)NC(C)C. The van der Waals surface area contributed by atoms with Crippen LogP contribution in [0, 0.1) is 0 Å². The number of esters is 1. The smallest absolute Gasteiger partial charge is 0.324 e. The molecule has 0 aromatic rings. The molecular weight excluding hydrogens is 242 g/mol. The Bertz CT molecular complexity index is 274. The number of nitrogens with one attached hydrogen (secondary N) is 1. The Kier molecular flexibility index (Phi) is 6.75. The van der Waals surface area contributed by atoms with Crippen molar-refractivity contribution in [1.29, 1.82) is 0 Å². The van der Waals surface area contributed by atoms with Crippen LogP contribution in [0.5, 0.6) is 0 Å². The van der Waals surface area contributed by atoms with Crippen LogP contribution in [0.3, 0.4) is 0 Å². The largest absolute Gasteiger partial charge is 0.468 e. The molecule has 0 amide bonds. The highest BCUT2D eigenvalue weighted by Crippen LogP contribution is 2.07. The Morgan fingerprint density at radius 3 is 2.16 bits per heavy atom. The standard InChI is InChI=1S/C14H29N3O2/c1-11(2)15-13(14(18)19-5)10-16-6-8-17(9-7-16)12(3)4/h11-13,15H,6-10H2,1-5H3. The van der Waals surface area contributed by atoms with Crippen molar-refractivity contribution in [2.45, 2.75) is 45.8 Å². The molecule has 1 heterocycles. The number of carbonyl (C=O) groups is 1. The molecule has 1 unspecified atom stereocenters. The number of rotatable bonds is 6. The van der Waals surface area contributed by atoms with Crippen molar-refractivity contribution in [3.63, 3.8) is 0 Å². The lowest BCUT2D eigenvalue weighted by molar-refractivity contribution is -0.144. The van der Waals surface area contributed by atoms with Gasteiger partial charge in [0.2, 0.25) is 0 Å². The lowest BCUT2D eigenvalue weighted by Gasteiger charge is -2.38. The number of nitrogens with zero attached hydrogens (tertiary/aromatic N) is 2. The molecule has 1 saturated heterocycles. The molecular formula is C14H29N3O2. The summed E-state index contributed by atoms with van der Waals surface area (Å²) in [6.45, 7) is 13.5. The third kappa shape index (κ3) is 5.47. The van der Waals surface area contributed by atoms with Gasteiger partial charge in [-0.25, -0.2) is 0 Å². The molecule has 5 nitrogen and oxygen atoms in total. The van der Waals surface area contributed by atoms with Gasteiger partial charge < -0.3 is 10.1 Å². The summed E-state index contributed by atoms with van der Waals surface area (Å²) in [5.74, 6) is -0.167. The predicted molar refractivity (Wildman–Crippen MR) is 77.2 cm³/mol. The first kappa shape index (κ1) is 16.4. The molecule has 0 saturated carbocycles. The van der Waals surface area contributed by atoms with E-state index in [9.17, 15) is 4.79 Å². The molecule has 1 fully saturated rings. The maximum absolute atomic E-state index is 11.8. The fraction of sp³-hybridized carbons (Fsp3) is 0.929. The highest BCUT2D eigenvalue weighted by atomic mass is 16.5. The first-order valence-corrected chi connectivity index (χ1v) is 7.24. The molecule has 0 radical (unpaired) electrons. The summed E-state index contributed by atoms with van der Waals surface area (Å²) in [5.41, 5.74) is 0. The van der Waals surface area contributed by atoms with Crippen molar-refractivity contribution < 1.29 is 9.53 Å². The van der Waals surface area contributed by atoms with Crippen LogP contribution in [0.1, 0.15) is 27.7 Å². The van der Waals surface area contributed by atoms with Crippen LogP contribution < -0.4 is 5.32 Å². The first-order valence-electron chi connectivity index (χ1n) is 7.24. The van der Waals surface area contributed by atoms with Crippen LogP contribution in [0.2, 0.25) is 0 Å². The third-order valence-electron chi connectivity index (χ3n) is 3.60. The summed E-state index contributed by atoms with van der Waals surface area (Å²) >= 11 is 0. The summed E-state index contributed by atoms with van der Waals surface area (Å²) in [5, 5.41) is 3.28. The van der Waals surface area contributed by atoms with E-state index in [1.807, 2.05) is 13.8 Å². The predicted octanol–water partition coefficient (Wildman–Crippen LogP) is 0.552. The number of methoxy groups -OCH3 is 1. The zero-order valence-electron chi connectivity index (χ0n) is 13.0. The van der Waals surface area contributed by atoms with Crippen molar-refractivity contribution in [3.05, 3.63) is 0 Å². The van der Waals surface area contributed by atoms with Gasteiger partial charge in [-0.05, 0) is 13.8 Å². The monoisotopic (exact) mass is 271 g/mol. The summed E-state index contributed by atoms with van der Waals surface area (Å²) in [7, 11) is 1.45. The van der Waals surface area contributed by atoms with Crippen LogP contribution in [-0.4, -0.2) is 73.7 Å². The van der Waals surface area contributed by atoms with Crippen molar-refractivity contribution in [2.24, 2.45) is 0 Å². The van der Waals surface area contributed by atoms with Gasteiger partial charge in [-0.15, -0.1) is 0 Å². The molecule has 0 aromatic heterocycles. The number of ether oxygens (including phenoxy) is 1. The van der Waals surface area contributed by atoms with Crippen LogP contribution in [0.15, 0.2) is 0 Å². The van der Waals surface area contributed by atoms with Crippen molar-refractivity contribution in [3.8, 4) is 0 Å². The molecule has 1 rings (SSSR count). The zero-order valence-corrected chi connectivity index (χ0v) is 13.0. The summed E-state index contributed by atoms with van der Waals surface area (Å²) < 4.78 is 4.88. The van der Waals surface area contributed by atoms with Gasteiger partial charge in [0.05, 0.1) is 7.11 Å². The van der Waals surface area contributed by atoms with Crippen LogP contribution in [-0.2, 0) is 9.53 Å². The van der Waals surface area contributed by atoms with E-state index in [4.69, 9.17) is 4.74 Å². The van der Waals surface area contributed by atoms with Gasteiger partial charge in [0.15, 0.2) is 0 Å². The highest BCUT2D eigenvalue weighted by molar-refractivity contribution is 5.76. The molecule has 112 valence electrons. The number of carbonyl (C=O) groups excluding carboxylic acids is 1. The molecule has 19 heavy (non-hydrogen) atoms. The molecule has 0 bridgehead atoms. The third-order valence-corrected chi connectivity index (χ3v) is 3.60. The van der Waals surface area contributed by atoms with E-state index in [0.717, 1.165) is 32.7 Å². The number of hydrogen-bond acceptors (Lipinski definition) is 5. The van der Waals surface area contributed by atoms with Crippen molar-refractivity contribution in [1.82, 2.24) is 15.1 Å². The normalized spacial score (nSPS) is 19.9. The van der Waals surface area contributed by atoms with Gasteiger partial charge in [0.25, 0.3) is 0 Å². The quantitative estimate of drug-likeness (QED) is 0.715. The molecule has 0 aromatic carbocycles. The van der Waals surface area contributed by atoms with Crippen LogP contribution in [0.4, 0.5) is 0 Å². The fourth-order valence-electron chi connectivity index (χ4n) is 2.46. The first-order chi connectivity index (χ1) is 8.93. The molecule has 0 spiro atoms. The van der Waals surface area contributed by atoms with Gasteiger partial charge in [-0.1, -0.05) is 13.8 Å². The van der Waals surface area contributed by atoms with Gasteiger partial charge in [0.1, 0.15) is 6.04 Å².